The molecule has 0 N–H and O–H groups in total. The highest BCUT2D eigenvalue weighted by molar-refractivity contribution is 9.11. The van der Waals surface area contributed by atoms with E-state index in [1.54, 1.807) is 5.56 Å². The topological polar surface area (TPSA) is 0 Å². The lowest BCUT2D eigenvalue weighted by atomic mass is 9.85. The second-order valence-corrected chi connectivity index (χ2v) is 5.72. The zero-order chi connectivity index (χ0) is 8.39. The van der Waals surface area contributed by atoms with Gasteiger partial charge in [0.15, 0.2) is 0 Å². The van der Waals surface area contributed by atoms with Crippen molar-refractivity contribution in [2.75, 3.05) is 0 Å². The van der Waals surface area contributed by atoms with E-state index >= 15 is 0 Å². The van der Waals surface area contributed by atoms with Gasteiger partial charge in [-0.2, -0.15) is 0 Å². The molecule has 0 saturated heterocycles. The van der Waals surface area contributed by atoms with Crippen molar-refractivity contribution < 1.29 is 0 Å². The van der Waals surface area contributed by atoms with Gasteiger partial charge in [-0.15, -0.1) is 11.3 Å². The van der Waals surface area contributed by atoms with Crippen molar-refractivity contribution in [3.05, 3.63) is 20.8 Å². The highest BCUT2D eigenvalue weighted by atomic mass is 79.9. The first kappa shape index (κ1) is 8.76. The molecule has 1 aromatic rings. The normalized spacial score (nSPS) is 19.8. The van der Waals surface area contributed by atoms with Gasteiger partial charge in [-0.1, -0.05) is 19.3 Å². The van der Waals surface area contributed by atoms with Crippen molar-refractivity contribution in [2.24, 2.45) is 0 Å². The second kappa shape index (κ2) is 3.93. The molecule has 0 aromatic carbocycles. The Kier molecular flexibility index (Phi) is 2.87. The van der Waals surface area contributed by atoms with Crippen LogP contribution in [0.25, 0.3) is 0 Å². The summed E-state index contributed by atoms with van der Waals surface area (Å²) in [6, 6.07) is 2.28. The van der Waals surface area contributed by atoms with Crippen LogP contribution >= 0.6 is 27.3 Å². The van der Waals surface area contributed by atoms with Gasteiger partial charge in [0.25, 0.3) is 0 Å². The Morgan fingerprint density at radius 1 is 1.25 bits per heavy atom. The van der Waals surface area contributed by atoms with Crippen LogP contribution in [-0.4, -0.2) is 0 Å². The van der Waals surface area contributed by atoms with Gasteiger partial charge in [0.2, 0.25) is 0 Å². The molecular weight excluding hydrogens is 232 g/mol. The minimum atomic E-state index is 0.847. The fourth-order valence-corrected chi connectivity index (χ4v) is 3.50. The summed E-state index contributed by atoms with van der Waals surface area (Å²) in [7, 11) is 0. The van der Waals surface area contributed by atoms with Crippen LogP contribution in [0.1, 0.15) is 43.6 Å². The number of thiophene rings is 1. The van der Waals surface area contributed by atoms with Crippen LogP contribution < -0.4 is 0 Å². The molecule has 0 bridgehead atoms. The molecule has 0 unspecified atom stereocenters. The monoisotopic (exact) mass is 244 g/mol. The molecule has 0 spiro atoms. The lowest BCUT2D eigenvalue weighted by Gasteiger charge is -2.21. The molecule has 2 heteroatoms. The third-order valence-corrected chi connectivity index (χ3v) is 4.42. The van der Waals surface area contributed by atoms with Gasteiger partial charge in [-0.3, -0.25) is 0 Å². The van der Waals surface area contributed by atoms with E-state index in [4.69, 9.17) is 0 Å². The highest BCUT2D eigenvalue weighted by Crippen LogP contribution is 2.38. The van der Waals surface area contributed by atoms with E-state index in [1.807, 2.05) is 11.3 Å². The summed E-state index contributed by atoms with van der Waals surface area (Å²) in [4.78, 5) is 0. The van der Waals surface area contributed by atoms with E-state index in [0.29, 0.717) is 0 Å². The molecule has 1 heterocycles. The molecule has 1 fully saturated rings. The zero-order valence-electron chi connectivity index (χ0n) is 7.05. The summed E-state index contributed by atoms with van der Waals surface area (Å²) >= 11 is 5.44. The molecule has 0 radical (unpaired) electrons. The molecule has 12 heavy (non-hydrogen) atoms. The van der Waals surface area contributed by atoms with Crippen molar-refractivity contribution in [1.29, 1.82) is 0 Å². The molecule has 0 atom stereocenters. The summed E-state index contributed by atoms with van der Waals surface area (Å²) in [5.74, 6) is 0.847. The standard InChI is InChI=1S/C10H13BrS/c11-10-9(6-7-12-10)8-4-2-1-3-5-8/h6-8H,1-5H2. The fraction of sp³-hybridized carbons (Fsp3) is 0.600. The third kappa shape index (κ3) is 1.74. The van der Waals surface area contributed by atoms with Crippen LogP contribution in [0.4, 0.5) is 0 Å². The first-order chi connectivity index (χ1) is 5.88. The van der Waals surface area contributed by atoms with Crippen LogP contribution in [0.2, 0.25) is 0 Å². The van der Waals surface area contributed by atoms with Gasteiger partial charge in [0, 0.05) is 0 Å². The van der Waals surface area contributed by atoms with Crippen molar-refractivity contribution in [1.82, 2.24) is 0 Å². The maximum atomic E-state index is 3.62. The minimum Gasteiger partial charge on any atom is -0.137 e. The Balaban J connectivity index is 2.13. The van der Waals surface area contributed by atoms with E-state index in [1.165, 1.54) is 35.9 Å². The van der Waals surface area contributed by atoms with Gasteiger partial charge in [0.05, 0.1) is 3.79 Å². The van der Waals surface area contributed by atoms with Crippen molar-refractivity contribution >= 4 is 27.3 Å². The van der Waals surface area contributed by atoms with Crippen LogP contribution in [0.15, 0.2) is 15.2 Å². The van der Waals surface area contributed by atoms with Gasteiger partial charge in [-0.05, 0) is 51.7 Å². The Labute approximate surface area is 86.1 Å². The summed E-state index contributed by atoms with van der Waals surface area (Å²) in [6.45, 7) is 0. The average molecular weight is 245 g/mol. The first-order valence-corrected chi connectivity index (χ1v) is 6.28. The van der Waals surface area contributed by atoms with Gasteiger partial charge in [0.1, 0.15) is 0 Å². The fourth-order valence-electron chi connectivity index (χ4n) is 2.01. The molecule has 0 nitrogen and oxygen atoms in total. The van der Waals surface area contributed by atoms with Crippen molar-refractivity contribution in [3.8, 4) is 0 Å². The van der Waals surface area contributed by atoms with Crippen LogP contribution in [-0.2, 0) is 0 Å². The molecule has 1 aliphatic rings. The summed E-state index contributed by atoms with van der Waals surface area (Å²) in [6.07, 6.45) is 7.09. The predicted molar refractivity (Wildman–Crippen MR) is 57.8 cm³/mol. The lowest BCUT2D eigenvalue weighted by molar-refractivity contribution is 0.443. The minimum absolute atomic E-state index is 0.847. The van der Waals surface area contributed by atoms with E-state index in [2.05, 4.69) is 27.4 Å². The Bertz CT molecular complexity index is 248. The van der Waals surface area contributed by atoms with E-state index in [0.717, 1.165) is 5.92 Å². The molecule has 2 rings (SSSR count). The van der Waals surface area contributed by atoms with E-state index < -0.39 is 0 Å². The quantitative estimate of drug-likeness (QED) is 0.680. The maximum Gasteiger partial charge on any atom is 0.0733 e. The van der Waals surface area contributed by atoms with Crippen LogP contribution in [0.5, 0.6) is 0 Å². The van der Waals surface area contributed by atoms with Crippen LogP contribution in [0, 0.1) is 0 Å². The molecule has 1 aliphatic carbocycles. The van der Waals surface area contributed by atoms with Gasteiger partial charge >= 0.3 is 0 Å². The third-order valence-electron chi connectivity index (χ3n) is 2.69. The molecule has 1 aromatic heterocycles. The summed E-state index contributed by atoms with van der Waals surface area (Å²) in [5, 5.41) is 2.19. The summed E-state index contributed by atoms with van der Waals surface area (Å²) < 4.78 is 1.36. The van der Waals surface area contributed by atoms with Crippen molar-refractivity contribution in [3.63, 3.8) is 0 Å². The second-order valence-electron chi connectivity index (χ2n) is 3.48. The van der Waals surface area contributed by atoms with E-state index in [9.17, 15) is 0 Å². The number of hydrogen-bond acceptors (Lipinski definition) is 1. The average Bonchev–Trinajstić information content (AvgIpc) is 2.53. The highest BCUT2D eigenvalue weighted by Gasteiger charge is 2.17. The predicted octanol–water partition coefficient (Wildman–Crippen LogP) is 4.56. The largest absolute Gasteiger partial charge is 0.137 e. The number of halogens is 1. The number of rotatable bonds is 1. The molecular formula is C10H13BrS. The molecule has 0 aliphatic heterocycles. The zero-order valence-corrected chi connectivity index (χ0v) is 9.46. The maximum absolute atomic E-state index is 3.62. The van der Waals surface area contributed by atoms with Crippen LogP contribution in [0.3, 0.4) is 0 Å². The van der Waals surface area contributed by atoms with Gasteiger partial charge < -0.3 is 0 Å². The molecule has 66 valence electrons. The van der Waals surface area contributed by atoms with Gasteiger partial charge in [-0.25, -0.2) is 0 Å². The Morgan fingerprint density at radius 2 is 2.00 bits per heavy atom. The van der Waals surface area contributed by atoms with E-state index in [-0.39, 0.29) is 0 Å². The Morgan fingerprint density at radius 3 is 2.58 bits per heavy atom. The van der Waals surface area contributed by atoms with Crippen molar-refractivity contribution in [2.45, 2.75) is 38.0 Å². The first-order valence-electron chi connectivity index (χ1n) is 4.61. The molecule has 0 amide bonds. The lowest BCUT2D eigenvalue weighted by Crippen LogP contribution is -2.03. The molecule has 1 saturated carbocycles. The summed E-state index contributed by atoms with van der Waals surface area (Å²) in [5.41, 5.74) is 1.56. The Hall–Kier alpha value is 0.180. The smallest absolute Gasteiger partial charge is 0.0733 e. The SMILES string of the molecule is Brc1sccc1C1CCCCC1. The number of hydrogen-bond donors (Lipinski definition) is 0.